The molecule has 2 rings (SSSR count). The van der Waals surface area contributed by atoms with Gasteiger partial charge in [0.05, 0.1) is 5.56 Å². The van der Waals surface area contributed by atoms with Crippen LogP contribution in [0.15, 0.2) is 18.2 Å². The number of rotatable bonds is 2. The summed E-state index contributed by atoms with van der Waals surface area (Å²) in [7, 11) is 0. The smallest absolute Gasteiger partial charge is 0.335 e. The lowest BCUT2D eigenvalue weighted by Crippen LogP contribution is -2.42. The van der Waals surface area contributed by atoms with Gasteiger partial charge in [0.1, 0.15) is 0 Å². The van der Waals surface area contributed by atoms with Crippen molar-refractivity contribution in [3.63, 3.8) is 0 Å². The minimum absolute atomic E-state index is 0.225. The minimum Gasteiger partial charge on any atom is -0.478 e. The molecule has 4 heteroatoms. The molecule has 1 heterocycles. The number of hydrogen-bond donors (Lipinski definition) is 2. The van der Waals surface area contributed by atoms with Crippen LogP contribution in [-0.2, 0) is 0 Å². The van der Waals surface area contributed by atoms with Gasteiger partial charge in [-0.25, -0.2) is 4.79 Å². The van der Waals surface area contributed by atoms with Crippen LogP contribution in [0.25, 0.3) is 0 Å². The fourth-order valence-electron chi connectivity index (χ4n) is 2.33. The van der Waals surface area contributed by atoms with Crippen molar-refractivity contribution >= 4 is 11.7 Å². The van der Waals surface area contributed by atoms with Crippen molar-refractivity contribution in [2.24, 2.45) is 5.73 Å². The second-order valence-corrected chi connectivity index (χ2v) is 4.65. The summed E-state index contributed by atoms with van der Waals surface area (Å²) in [5, 5.41) is 8.98. The van der Waals surface area contributed by atoms with E-state index in [-0.39, 0.29) is 6.04 Å². The Hall–Kier alpha value is -1.55. The molecular weight excluding hydrogens is 216 g/mol. The second kappa shape index (κ2) is 4.75. The number of hydrogen-bond acceptors (Lipinski definition) is 3. The quantitative estimate of drug-likeness (QED) is 0.816. The largest absolute Gasteiger partial charge is 0.478 e. The van der Waals surface area contributed by atoms with E-state index >= 15 is 0 Å². The van der Waals surface area contributed by atoms with Crippen LogP contribution >= 0.6 is 0 Å². The topological polar surface area (TPSA) is 66.6 Å². The first-order chi connectivity index (χ1) is 8.08. The zero-order valence-corrected chi connectivity index (χ0v) is 10.0. The lowest BCUT2D eigenvalue weighted by molar-refractivity contribution is 0.0696. The van der Waals surface area contributed by atoms with Crippen molar-refractivity contribution in [2.75, 3.05) is 18.0 Å². The van der Waals surface area contributed by atoms with Crippen molar-refractivity contribution < 1.29 is 9.90 Å². The molecule has 0 aliphatic carbocycles. The molecule has 0 amide bonds. The molecule has 1 atom stereocenters. The Labute approximate surface area is 101 Å². The standard InChI is InChI=1S/C13H18N2O2/c1-9-7-11(4-5-12(9)13(16)17)15-6-2-3-10(14)8-15/h4-5,7,10H,2-3,6,8,14H2,1H3,(H,16,17). The number of nitrogens with zero attached hydrogens (tertiary/aromatic N) is 1. The maximum atomic E-state index is 10.9. The van der Waals surface area contributed by atoms with Gasteiger partial charge in [0.2, 0.25) is 0 Å². The van der Waals surface area contributed by atoms with Crippen LogP contribution in [0.3, 0.4) is 0 Å². The van der Waals surface area contributed by atoms with Crippen LogP contribution in [0, 0.1) is 6.92 Å². The Morgan fingerprint density at radius 1 is 1.53 bits per heavy atom. The number of aryl methyl sites for hydroxylation is 1. The summed E-state index contributed by atoms with van der Waals surface area (Å²) >= 11 is 0. The van der Waals surface area contributed by atoms with E-state index in [0.29, 0.717) is 5.56 Å². The van der Waals surface area contributed by atoms with Crippen LogP contribution in [0.1, 0.15) is 28.8 Å². The maximum Gasteiger partial charge on any atom is 0.335 e. The molecule has 1 aliphatic heterocycles. The van der Waals surface area contributed by atoms with Crippen LogP contribution in [0.4, 0.5) is 5.69 Å². The average Bonchev–Trinajstić information content (AvgIpc) is 2.28. The molecule has 0 bridgehead atoms. The number of benzene rings is 1. The Morgan fingerprint density at radius 3 is 2.88 bits per heavy atom. The number of piperidine rings is 1. The van der Waals surface area contributed by atoms with E-state index in [1.165, 1.54) is 0 Å². The summed E-state index contributed by atoms with van der Waals surface area (Å²) in [6.45, 7) is 3.68. The highest BCUT2D eigenvalue weighted by molar-refractivity contribution is 5.89. The predicted molar refractivity (Wildman–Crippen MR) is 67.6 cm³/mol. The summed E-state index contributed by atoms with van der Waals surface area (Å²) in [5.74, 6) is -0.871. The molecule has 0 spiro atoms. The van der Waals surface area contributed by atoms with E-state index in [0.717, 1.165) is 37.2 Å². The molecule has 1 saturated heterocycles. The van der Waals surface area contributed by atoms with E-state index in [1.54, 1.807) is 6.07 Å². The first-order valence-electron chi connectivity index (χ1n) is 5.92. The van der Waals surface area contributed by atoms with Gasteiger partial charge in [0.25, 0.3) is 0 Å². The van der Waals surface area contributed by atoms with Gasteiger partial charge in [0, 0.05) is 24.8 Å². The lowest BCUT2D eigenvalue weighted by Gasteiger charge is -2.32. The molecule has 0 saturated carbocycles. The third-order valence-electron chi connectivity index (χ3n) is 3.26. The van der Waals surface area contributed by atoms with Crippen LogP contribution in [-0.4, -0.2) is 30.2 Å². The number of aromatic carboxylic acids is 1. The number of carboxylic acid groups (broad SMARTS) is 1. The molecule has 1 fully saturated rings. The van der Waals surface area contributed by atoms with Crippen LogP contribution < -0.4 is 10.6 Å². The van der Waals surface area contributed by atoms with Crippen molar-refractivity contribution in [1.82, 2.24) is 0 Å². The summed E-state index contributed by atoms with van der Waals surface area (Å²) < 4.78 is 0. The van der Waals surface area contributed by atoms with Crippen molar-refractivity contribution in [3.05, 3.63) is 29.3 Å². The van der Waals surface area contributed by atoms with Gasteiger partial charge >= 0.3 is 5.97 Å². The lowest BCUT2D eigenvalue weighted by atomic mass is 10.0. The van der Waals surface area contributed by atoms with Gasteiger partial charge in [-0.3, -0.25) is 0 Å². The SMILES string of the molecule is Cc1cc(N2CCCC(N)C2)ccc1C(=O)O. The zero-order chi connectivity index (χ0) is 12.4. The first-order valence-corrected chi connectivity index (χ1v) is 5.92. The van der Waals surface area contributed by atoms with E-state index in [2.05, 4.69) is 4.90 Å². The Balaban J connectivity index is 2.22. The van der Waals surface area contributed by atoms with Crippen molar-refractivity contribution in [2.45, 2.75) is 25.8 Å². The number of carboxylic acids is 1. The molecule has 92 valence electrons. The summed E-state index contributed by atoms with van der Waals surface area (Å²) in [5.41, 5.74) is 8.19. The Morgan fingerprint density at radius 2 is 2.29 bits per heavy atom. The van der Waals surface area contributed by atoms with Gasteiger partial charge < -0.3 is 15.7 Å². The molecule has 1 aromatic rings. The van der Waals surface area contributed by atoms with E-state index in [1.807, 2.05) is 19.1 Å². The third-order valence-corrected chi connectivity index (χ3v) is 3.26. The number of anilines is 1. The minimum atomic E-state index is -0.871. The molecule has 1 aromatic carbocycles. The zero-order valence-electron chi connectivity index (χ0n) is 10.0. The highest BCUT2D eigenvalue weighted by Gasteiger charge is 2.18. The molecular formula is C13H18N2O2. The Bertz CT molecular complexity index is 431. The summed E-state index contributed by atoms with van der Waals surface area (Å²) in [6, 6.07) is 5.70. The van der Waals surface area contributed by atoms with Gasteiger partial charge in [-0.2, -0.15) is 0 Å². The monoisotopic (exact) mass is 234 g/mol. The normalized spacial score (nSPS) is 20.4. The van der Waals surface area contributed by atoms with E-state index in [9.17, 15) is 4.79 Å². The molecule has 0 aromatic heterocycles. The number of carbonyl (C=O) groups is 1. The van der Waals surface area contributed by atoms with Gasteiger partial charge in [-0.15, -0.1) is 0 Å². The highest BCUT2D eigenvalue weighted by Crippen LogP contribution is 2.22. The van der Waals surface area contributed by atoms with Crippen molar-refractivity contribution in [3.8, 4) is 0 Å². The van der Waals surface area contributed by atoms with E-state index in [4.69, 9.17) is 10.8 Å². The van der Waals surface area contributed by atoms with Crippen LogP contribution in [0.5, 0.6) is 0 Å². The van der Waals surface area contributed by atoms with Gasteiger partial charge in [-0.05, 0) is 43.5 Å². The Kier molecular flexibility index (Phi) is 3.33. The summed E-state index contributed by atoms with van der Waals surface area (Å²) in [6.07, 6.45) is 2.17. The average molecular weight is 234 g/mol. The van der Waals surface area contributed by atoms with Crippen LogP contribution in [0.2, 0.25) is 0 Å². The maximum absolute atomic E-state index is 10.9. The van der Waals surface area contributed by atoms with Gasteiger partial charge in [-0.1, -0.05) is 0 Å². The fourth-order valence-corrected chi connectivity index (χ4v) is 2.33. The second-order valence-electron chi connectivity index (χ2n) is 4.65. The third kappa shape index (κ3) is 2.58. The number of nitrogens with two attached hydrogens (primary N) is 1. The van der Waals surface area contributed by atoms with E-state index < -0.39 is 5.97 Å². The predicted octanol–water partition coefficient (Wildman–Crippen LogP) is 1.62. The van der Waals surface area contributed by atoms with Crippen molar-refractivity contribution in [1.29, 1.82) is 0 Å². The fraction of sp³-hybridized carbons (Fsp3) is 0.462. The molecule has 17 heavy (non-hydrogen) atoms. The molecule has 1 unspecified atom stereocenters. The molecule has 0 radical (unpaired) electrons. The first kappa shape index (κ1) is 11.9. The molecule has 3 N–H and O–H groups in total. The van der Waals surface area contributed by atoms with Gasteiger partial charge in [0.15, 0.2) is 0 Å². The molecule has 1 aliphatic rings. The molecule has 4 nitrogen and oxygen atoms in total. The summed E-state index contributed by atoms with van der Waals surface area (Å²) in [4.78, 5) is 13.2. The highest BCUT2D eigenvalue weighted by atomic mass is 16.4.